The summed E-state index contributed by atoms with van der Waals surface area (Å²) < 4.78 is 63.7. The van der Waals surface area contributed by atoms with Crippen LogP contribution in [0.4, 0.5) is 22.0 Å². The lowest BCUT2D eigenvalue weighted by atomic mass is 10.3. The minimum Gasteiger partial charge on any atom is -0.309 e. The van der Waals surface area contributed by atoms with E-state index >= 15 is 0 Å². The van der Waals surface area contributed by atoms with Crippen LogP contribution in [0.1, 0.15) is 25.0 Å². The van der Waals surface area contributed by atoms with Crippen molar-refractivity contribution in [1.82, 2.24) is 14.8 Å². The molecule has 0 atom stereocenters. The monoisotopic (exact) mass is 321 g/mol. The van der Waals surface area contributed by atoms with Gasteiger partial charge in [-0.2, -0.15) is 22.0 Å². The molecule has 98 valence electrons. The summed E-state index contributed by atoms with van der Waals surface area (Å²) in [5.74, 6) is -6.30. The predicted octanol–water partition coefficient (Wildman–Crippen LogP) is 3.24. The Kier molecular flexibility index (Phi) is 4.11. The van der Waals surface area contributed by atoms with Gasteiger partial charge in [0.05, 0.1) is 5.33 Å². The van der Waals surface area contributed by atoms with Crippen molar-refractivity contribution in [2.75, 3.05) is 0 Å². The molecule has 1 heterocycles. The van der Waals surface area contributed by atoms with E-state index in [2.05, 4.69) is 26.1 Å². The Hall–Kier alpha value is -0.730. The van der Waals surface area contributed by atoms with Crippen LogP contribution < -0.4 is 0 Å². The highest BCUT2D eigenvalue weighted by Crippen LogP contribution is 2.43. The molecule has 1 rings (SSSR count). The fourth-order valence-electron chi connectivity index (χ4n) is 1.25. The molecule has 0 spiro atoms. The standard InChI is InChI=1S/C8H9BrF5N3/c1-2-3-17-5(4-9)15-16-6(17)7(10,11)8(12,13)14/h2-4H2,1H3. The van der Waals surface area contributed by atoms with Crippen LogP contribution in [-0.2, 0) is 17.8 Å². The zero-order valence-corrected chi connectivity index (χ0v) is 10.3. The summed E-state index contributed by atoms with van der Waals surface area (Å²) in [5.41, 5.74) is 0. The number of hydrogen-bond acceptors (Lipinski definition) is 2. The van der Waals surface area contributed by atoms with E-state index in [9.17, 15) is 22.0 Å². The van der Waals surface area contributed by atoms with Crippen molar-refractivity contribution in [3.8, 4) is 0 Å². The average molecular weight is 322 g/mol. The highest BCUT2D eigenvalue weighted by molar-refractivity contribution is 9.08. The highest BCUT2D eigenvalue weighted by atomic mass is 79.9. The summed E-state index contributed by atoms with van der Waals surface area (Å²) >= 11 is 2.96. The second kappa shape index (κ2) is 4.87. The van der Waals surface area contributed by atoms with E-state index in [4.69, 9.17) is 0 Å². The van der Waals surface area contributed by atoms with Crippen LogP contribution in [0.5, 0.6) is 0 Å². The molecule has 3 nitrogen and oxygen atoms in total. The normalized spacial score (nSPS) is 13.1. The van der Waals surface area contributed by atoms with E-state index in [1.165, 1.54) is 0 Å². The van der Waals surface area contributed by atoms with Gasteiger partial charge < -0.3 is 4.57 Å². The summed E-state index contributed by atoms with van der Waals surface area (Å²) in [7, 11) is 0. The molecule has 0 aliphatic rings. The van der Waals surface area contributed by atoms with E-state index in [-0.39, 0.29) is 17.7 Å². The van der Waals surface area contributed by atoms with E-state index < -0.39 is 17.9 Å². The van der Waals surface area contributed by atoms with Crippen molar-refractivity contribution in [2.45, 2.75) is 37.3 Å². The minimum atomic E-state index is -5.67. The lowest BCUT2D eigenvalue weighted by molar-refractivity contribution is -0.293. The van der Waals surface area contributed by atoms with Gasteiger partial charge >= 0.3 is 12.1 Å². The number of aromatic nitrogens is 3. The topological polar surface area (TPSA) is 30.7 Å². The first kappa shape index (κ1) is 14.3. The van der Waals surface area contributed by atoms with Crippen LogP contribution in [0.15, 0.2) is 0 Å². The van der Waals surface area contributed by atoms with Crippen molar-refractivity contribution in [3.63, 3.8) is 0 Å². The van der Waals surface area contributed by atoms with Crippen molar-refractivity contribution < 1.29 is 22.0 Å². The van der Waals surface area contributed by atoms with Crippen LogP contribution in [-0.4, -0.2) is 20.9 Å². The SMILES string of the molecule is CCCn1c(CBr)nnc1C(F)(F)C(F)(F)F. The van der Waals surface area contributed by atoms with Crippen molar-refractivity contribution in [1.29, 1.82) is 0 Å². The van der Waals surface area contributed by atoms with Gasteiger partial charge in [0.15, 0.2) is 0 Å². The maximum absolute atomic E-state index is 13.1. The number of nitrogens with zero attached hydrogens (tertiary/aromatic N) is 3. The zero-order valence-electron chi connectivity index (χ0n) is 8.73. The van der Waals surface area contributed by atoms with Crippen LogP contribution in [0.3, 0.4) is 0 Å². The smallest absolute Gasteiger partial charge is 0.309 e. The molecule has 0 radical (unpaired) electrons. The Labute approximate surface area is 102 Å². The Morgan fingerprint density at radius 2 is 1.76 bits per heavy atom. The number of alkyl halides is 6. The maximum atomic E-state index is 13.1. The number of rotatable bonds is 4. The maximum Gasteiger partial charge on any atom is 0.461 e. The average Bonchev–Trinajstić information content (AvgIpc) is 2.60. The lowest BCUT2D eigenvalue weighted by Gasteiger charge is -2.19. The zero-order chi connectivity index (χ0) is 13.3. The summed E-state index contributed by atoms with van der Waals surface area (Å²) in [6, 6.07) is 0. The number of halogens is 6. The molecule has 9 heteroatoms. The van der Waals surface area contributed by atoms with Gasteiger partial charge in [0, 0.05) is 6.54 Å². The molecule has 0 bridgehead atoms. The second-order valence-electron chi connectivity index (χ2n) is 3.30. The van der Waals surface area contributed by atoms with Gasteiger partial charge in [-0.25, -0.2) is 0 Å². The first-order chi connectivity index (χ1) is 7.75. The number of hydrogen-bond donors (Lipinski definition) is 0. The summed E-state index contributed by atoms with van der Waals surface area (Å²) in [4.78, 5) is 0. The molecule has 0 saturated carbocycles. The molecule has 0 aliphatic heterocycles. The van der Waals surface area contributed by atoms with Crippen molar-refractivity contribution in [2.24, 2.45) is 0 Å². The van der Waals surface area contributed by atoms with E-state index in [1.54, 1.807) is 6.92 Å². The molecule has 0 saturated heterocycles. The van der Waals surface area contributed by atoms with Crippen molar-refractivity contribution in [3.05, 3.63) is 11.6 Å². The lowest BCUT2D eigenvalue weighted by Crippen LogP contribution is -2.36. The van der Waals surface area contributed by atoms with E-state index in [1.807, 2.05) is 0 Å². The van der Waals surface area contributed by atoms with Gasteiger partial charge in [0.2, 0.25) is 5.82 Å². The third-order valence-electron chi connectivity index (χ3n) is 2.03. The highest BCUT2D eigenvalue weighted by Gasteiger charge is 2.62. The molecule has 1 aromatic heterocycles. The Morgan fingerprint density at radius 3 is 2.18 bits per heavy atom. The molecule has 0 aliphatic carbocycles. The Morgan fingerprint density at radius 1 is 1.18 bits per heavy atom. The first-order valence-electron chi connectivity index (χ1n) is 4.68. The van der Waals surface area contributed by atoms with Crippen LogP contribution in [0, 0.1) is 0 Å². The molecule has 0 aromatic carbocycles. The van der Waals surface area contributed by atoms with E-state index in [0.717, 1.165) is 4.57 Å². The van der Waals surface area contributed by atoms with Gasteiger partial charge in [0.1, 0.15) is 5.82 Å². The summed E-state index contributed by atoms with van der Waals surface area (Å²) in [6.07, 6.45) is -5.27. The Bertz CT molecular complexity index is 387. The first-order valence-corrected chi connectivity index (χ1v) is 5.80. The fraction of sp³-hybridized carbons (Fsp3) is 0.750. The quantitative estimate of drug-likeness (QED) is 0.629. The van der Waals surface area contributed by atoms with Gasteiger partial charge in [-0.15, -0.1) is 10.2 Å². The summed E-state index contributed by atoms with van der Waals surface area (Å²) in [6.45, 7) is 1.67. The van der Waals surface area contributed by atoms with Gasteiger partial charge in [-0.05, 0) is 6.42 Å². The summed E-state index contributed by atoms with van der Waals surface area (Å²) in [5, 5.41) is 6.34. The molecular formula is C8H9BrF5N3. The molecule has 0 amide bonds. The van der Waals surface area contributed by atoms with Gasteiger partial charge in [0.25, 0.3) is 0 Å². The van der Waals surface area contributed by atoms with Crippen molar-refractivity contribution >= 4 is 15.9 Å². The predicted molar refractivity (Wildman–Crippen MR) is 52.9 cm³/mol. The van der Waals surface area contributed by atoms with Crippen LogP contribution in [0.2, 0.25) is 0 Å². The molecule has 0 fully saturated rings. The molecular weight excluding hydrogens is 313 g/mol. The third-order valence-corrected chi connectivity index (χ3v) is 2.53. The van der Waals surface area contributed by atoms with Crippen LogP contribution >= 0.6 is 15.9 Å². The molecule has 17 heavy (non-hydrogen) atoms. The molecule has 1 aromatic rings. The fourth-order valence-corrected chi connectivity index (χ4v) is 1.67. The third kappa shape index (κ3) is 2.58. The van der Waals surface area contributed by atoms with E-state index in [0.29, 0.717) is 6.42 Å². The molecule has 0 unspecified atom stereocenters. The minimum absolute atomic E-state index is 0.00887. The van der Waals surface area contributed by atoms with Crippen LogP contribution in [0.25, 0.3) is 0 Å². The second-order valence-corrected chi connectivity index (χ2v) is 3.86. The van der Waals surface area contributed by atoms with Gasteiger partial charge in [-0.3, -0.25) is 0 Å². The largest absolute Gasteiger partial charge is 0.461 e. The van der Waals surface area contributed by atoms with Gasteiger partial charge in [-0.1, -0.05) is 22.9 Å². The Balaban J connectivity index is 3.26. The molecule has 0 N–H and O–H groups in total.